The van der Waals surface area contributed by atoms with Gasteiger partial charge in [-0.25, -0.2) is 17.4 Å². The Kier molecular flexibility index (Phi) is 33.7. The highest BCUT2D eigenvalue weighted by Gasteiger charge is 2.20. The number of nitrogens with zero attached hydrogens (tertiary/aromatic N) is 3. The van der Waals surface area contributed by atoms with Crippen LogP contribution in [-0.2, 0) is 30.2 Å². The summed E-state index contributed by atoms with van der Waals surface area (Å²) in [6.45, 7) is 17.3. The van der Waals surface area contributed by atoms with Gasteiger partial charge < -0.3 is 14.6 Å². The molecule has 0 aliphatic carbocycles. The first-order chi connectivity index (χ1) is 56.9. The number of carbonyl (C=O) groups is 2. The molecule has 1 N–H and O–H groups in total. The largest absolute Gasteiger partial charge is 0.422 e. The maximum atomic E-state index is 12.3. The molecule has 2 aromatic heterocycles. The summed E-state index contributed by atoms with van der Waals surface area (Å²) in [4.78, 5) is 40.7. The van der Waals surface area contributed by atoms with Gasteiger partial charge in [-0.3, -0.25) is 9.59 Å². The molecular formula is C103H84N4O7S3. The average molecular weight is 1590 g/mol. The van der Waals surface area contributed by atoms with Gasteiger partial charge in [0, 0.05) is 49.6 Å². The molecule has 2 amide bonds. The topological polar surface area (TPSA) is 178 Å². The molecule has 0 saturated heterocycles. The van der Waals surface area contributed by atoms with Crippen LogP contribution in [0.15, 0.2) is 451 Å². The smallest absolute Gasteiger partial charge is 0.344 e. The number of fused-ring (bicyclic) bond motifs is 1. The minimum absolute atomic E-state index is 0.0904. The van der Waals surface area contributed by atoms with E-state index in [2.05, 4.69) is 43.8 Å². The van der Waals surface area contributed by atoms with Crippen LogP contribution in [0.4, 0.5) is 11.4 Å². The normalized spacial score (nSPS) is 10.7. The van der Waals surface area contributed by atoms with Crippen molar-refractivity contribution in [2.24, 2.45) is 0 Å². The van der Waals surface area contributed by atoms with Gasteiger partial charge in [0.15, 0.2) is 0 Å². The number of benzene rings is 13. The molecule has 13 aromatic carbocycles. The zero-order valence-electron chi connectivity index (χ0n) is 64.6. The van der Waals surface area contributed by atoms with E-state index < -0.39 is 20.6 Å². The fourth-order valence-corrected chi connectivity index (χ4v) is 13.9. The monoisotopic (exact) mass is 1580 g/mol. The molecule has 0 spiro atoms. The summed E-state index contributed by atoms with van der Waals surface area (Å²) >= 11 is 1.63. The molecule has 0 fully saturated rings. The Bertz CT molecular complexity index is 6020. The van der Waals surface area contributed by atoms with Crippen LogP contribution in [0.1, 0.15) is 49.4 Å². The van der Waals surface area contributed by atoms with Gasteiger partial charge in [-0.05, 0) is 136 Å². The maximum Gasteiger partial charge on any atom is 0.344 e. The summed E-state index contributed by atoms with van der Waals surface area (Å²) in [5, 5.41) is 24.0. The first-order valence-electron chi connectivity index (χ1n) is 36.9. The van der Waals surface area contributed by atoms with Crippen molar-refractivity contribution in [3.63, 3.8) is 0 Å². The SMILES string of the molecule is C=C(C(=O)N(C)c1ccccc1)c1ccccc1.C=C(C(=O)Nc1ccc(C)cc1)c1ccccc1.C=C(c1ccccc1)S(=O)(=O)c1ccccc1.C=C(c1ccccc1)S(=O)c1ccccc1.N#C/C(=C\c1ccccc1)c1ccccc1.N#C/C(=C\c1cccs1)c1ccccc1.O=c1oc2ccccc2cc1-c1ccccc1. The van der Waals surface area contributed by atoms with Crippen LogP contribution >= 0.6 is 11.3 Å². The van der Waals surface area contributed by atoms with Crippen LogP contribution < -0.4 is 15.8 Å². The summed E-state index contributed by atoms with van der Waals surface area (Å²) in [6.07, 6.45) is 3.81. The van der Waals surface area contributed by atoms with Crippen molar-refractivity contribution in [2.45, 2.75) is 16.7 Å². The first kappa shape index (κ1) is 86.2. The Balaban J connectivity index is 0.000000156. The molecule has 2 heterocycles. The Morgan fingerprint density at radius 2 is 0.872 bits per heavy atom. The summed E-state index contributed by atoms with van der Waals surface area (Å²) < 4.78 is 41.9. The molecular weight excluding hydrogens is 1500 g/mol. The van der Waals surface area contributed by atoms with Crippen molar-refractivity contribution < 1.29 is 26.6 Å². The second-order valence-electron chi connectivity index (χ2n) is 25.5. The standard InChI is InChI=1S/2C16H15NO.C15H11N.C15H10O2.C14H12O2S.C14H12OS.C13H9NS/c1-13(14-9-5-3-6-10-14)16(18)17(2)15-11-7-4-8-12-15;1-12-8-10-15(11-9-12)17-16(18)13(2)14-6-4-3-5-7-14;16-12-15(14-9-5-2-6-10-14)11-13-7-3-1-4-8-13;16-15-13(11-6-2-1-3-7-11)10-12-8-4-5-9-14(12)17-15;1-12(13-8-4-2-5-9-13)17(15,16)14-10-6-3-7-11-14;1-12(13-8-4-2-5-9-13)16(15)14-10-6-3-7-11-14;14-10-12(9-13-7-4-8-15-13)11-5-2-1-3-6-11/h3-12H,1H2,2H3;3-11H,2H2,1H3,(H,17,18);1-11H;1-10H;2-11H,1H2;2-11H,1H2;1-9H/b;;15-11+;;;;12-9+. The molecule has 15 rings (SSSR count). The highest BCUT2D eigenvalue weighted by atomic mass is 32.2. The van der Waals surface area contributed by atoms with E-state index in [1.165, 1.54) is 0 Å². The van der Waals surface area contributed by atoms with Crippen molar-refractivity contribution in [3.8, 4) is 23.3 Å². The van der Waals surface area contributed by atoms with E-state index in [1.54, 1.807) is 83.9 Å². The third-order valence-corrected chi connectivity index (χ3v) is 21.3. The lowest BCUT2D eigenvalue weighted by Crippen LogP contribution is -2.26. The van der Waals surface area contributed by atoms with E-state index in [9.17, 15) is 27.0 Å². The van der Waals surface area contributed by atoms with Crippen molar-refractivity contribution in [2.75, 3.05) is 17.3 Å². The zero-order chi connectivity index (χ0) is 83.0. The van der Waals surface area contributed by atoms with Crippen molar-refractivity contribution in [1.29, 1.82) is 10.5 Å². The third kappa shape index (κ3) is 26.7. The summed E-state index contributed by atoms with van der Waals surface area (Å²) in [5.41, 5.74) is 13.2. The van der Waals surface area contributed by atoms with Crippen LogP contribution in [0.2, 0.25) is 0 Å². The van der Waals surface area contributed by atoms with Gasteiger partial charge in [-0.2, -0.15) is 10.5 Å². The Morgan fingerprint density at radius 1 is 0.462 bits per heavy atom. The number of nitrogens with one attached hydrogen (secondary N) is 1. The van der Waals surface area contributed by atoms with Crippen molar-refractivity contribution in [3.05, 3.63) is 492 Å². The molecule has 0 aliphatic heterocycles. The molecule has 117 heavy (non-hydrogen) atoms. The second kappa shape index (κ2) is 45.7. The van der Waals surface area contributed by atoms with Gasteiger partial charge in [0.25, 0.3) is 11.8 Å². The number of sulfone groups is 1. The van der Waals surface area contributed by atoms with E-state index in [0.717, 1.165) is 71.0 Å². The highest BCUT2D eigenvalue weighted by molar-refractivity contribution is 8.00. The number of allylic oxidation sites excluding steroid dienone is 2. The molecule has 0 aliphatic rings. The van der Waals surface area contributed by atoms with E-state index in [1.807, 2.05) is 364 Å². The summed E-state index contributed by atoms with van der Waals surface area (Å²) in [6, 6.07) is 129. The molecule has 0 bridgehead atoms. The lowest BCUT2D eigenvalue weighted by atomic mass is 10.0. The molecule has 1 atom stereocenters. The number of amides is 2. The number of rotatable bonds is 17. The molecule has 15 aromatic rings. The van der Waals surface area contributed by atoms with Crippen LogP contribution in [-0.4, -0.2) is 31.5 Å². The van der Waals surface area contributed by atoms with Crippen LogP contribution in [0.25, 0.3) is 66.4 Å². The summed E-state index contributed by atoms with van der Waals surface area (Å²) in [7, 11) is -2.90. The van der Waals surface area contributed by atoms with Crippen LogP contribution in [0, 0.1) is 29.6 Å². The van der Waals surface area contributed by atoms with Gasteiger partial charge in [0.2, 0.25) is 9.84 Å². The van der Waals surface area contributed by atoms with Gasteiger partial charge in [0.1, 0.15) is 5.58 Å². The van der Waals surface area contributed by atoms with E-state index in [0.29, 0.717) is 43.9 Å². The maximum absolute atomic E-state index is 12.3. The minimum atomic E-state index is -3.49. The number of thiophene rings is 1. The van der Waals surface area contributed by atoms with Gasteiger partial charge in [0.05, 0.1) is 49.4 Å². The number of hydrogen-bond acceptors (Lipinski definition) is 10. The van der Waals surface area contributed by atoms with Crippen LogP contribution in [0.3, 0.4) is 0 Å². The fourth-order valence-electron chi connectivity index (χ4n) is 11.0. The minimum Gasteiger partial charge on any atom is -0.422 e. The Hall–Kier alpha value is -14.8. The molecule has 0 saturated carbocycles. The third-order valence-electron chi connectivity index (χ3n) is 17.4. The number of hydrogen-bond donors (Lipinski definition) is 1. The second-order valence-corrected chi connectivity index (χ2v) is 30.0. The summed E-state index contributed by atoms with van der Waals surface area (Å²) in [5.74, 6) is -0.266. The van der Waals surface area contributed by atoms with Crippen molar-refractivity contribution >= 4 is 110 Å². The Labute approximate surface area is 691 Å². The molecule has 0 radical (unpaired) electrons. The highest BCUT2D eigenvalue weighted by Crippen LogP contribution is 2.28. The predicted octanol–water partition coefficient (Wildman–Crippen LogP) is 24.6. The number of carbonyl (C=O) groups excluding carboxylic acids is 2. The number of anilines is 2. The van der Waals surface area contributed by atoms with E-state index in [4.69, 9.17) is 14.9 Å². The first-order valence-corrected chi connectivity index (χ1v) is 40.4. The molecule has 576 valence electrons. The lowest BCUT2D eigenvalue weighted by molar-refractivity contribution is -0.113. The van der Waals surface area contributed by atoms with Crippen LogP contribution in [0.5, 0.6) is 0 Å². The number of aryl methyl sites for hydroxylation is 1. The number of para-hydroxylation sites is 2. The predicted molar refractivity (Wildman–Crippen MR) is 487 cm³/mol. The number of nitriles is 2. The van der Waals surface area contributed by atoms with Crippen molar-refractivity contribution in [1.82, 2.24) is 0 Å². The van der Waals surface area contributed by atoms with Gasteiger partial charge in [-0.15, -0.1) is 11.3 Å². The Morgan fingerprint density at radius 3 is 1.36 bits per heavy atom. The fraction of sp³-hybridized carbons (Fsp3) is 0.0194. The van der Waals surface area contributed by atoms with Gasteiger partial charge in [-0.1, -0.05) is 366 Å². The number of likely N-dealkylation sites (N-methyl/N-ethyl adjacent to an activating group) is 1. The zero-order valence-corrected chi connectivity index (χ0v) is 67.0. The molecule has 11 nitrogen and oxygen atoms in total. The van der Waals surface area contributed by atoms with Gasteiger partial charge >= 0.3 is 5.63 Å². The molecule has 14 heteroatoms. The quantitative estimate of drug-likeness (QED) is 0.0402. The van der Waals surface area contributed by atoms with E-state index >= 15 is 0 Å². The average Bonchev–Trinajstić information content (AvgIpc) is 1.19. The van der Waals surface area contributed by atoms with E-state index in [-0.39, 0.29) is 27.2 Å². The lowest BCUT2D eigenvalue weighted by Gasteiger charge is -2.18. The molecule has 1 unspecified atom stereocenters.